The van der Waals surface area contributed by atoms with Crippen LogP contribution in [0.25, 0.3) is 0 Å². The second kappa shape index (κ2) is 4.04. The third-order valence-electron chi connectivity index (χ3n) is 0.540. The third kappa shape index (κ3) is 2.98. The van der Waals surface area contributed by atoms with Crippen LogP contribution < -0.4 is 0 Å². The van der Waals surface area contributed by atoms with Gasteiger partial charge in [0.25, 0.3) is 0 Å². The molecule has 0 atom stereocenters. The quantitative estimate of drug-likeness (QED) is 0.672. The molecule has 0 bridgehead atoms. The van der Waals surface area contributed by atoms with E-state index in [1.54, 1.807) is 6.26 Å². The van der Waals surface area contributed by atoms with Crippen LogP contribution in [0.2, 0.25) is 0 Å². The molecule has 0 aromatic heterocycles. The highest BCUT2D eigenvalue weighted by Gasteiger charge is 2.07. The summed E-state index contributed by atoms with van der Waals surface area (Å²) in [4.78, 5) is 10.0. The number of aliphatic carboxylic acids is 1. The summed E-state index contributed by atoms with van der Waals surface area (Å²) < 4.78 is 0.101. The molecule has 0 aromatic carbocycles. The zero-order valence-corrected chi connectivity index (χ0v) is 6.85. The first-order valence-electron chi connectivity index (χ1n) is 1.92. The minimum absolute atomic E-state index is 0.101. The third-order valence-corrected chi connectivity index (χ3v) is 2.31. The highest BCUT2D eigenvalue weighted by Crippen LogP contribution is 2.23. The van der Waals surface area contributed by atoms with E-state index in [9.17, 15) is 4.79 Å². The summed E-state index contributed by atoms with van der Waals surface area (Å²) >= 11 is 11.6. The molecule has 0 rings (SSSR count). The molecule has 2 nitrogen and oxygen atoms in total. The van der Waals surface area contributed by atoms with Gasteiger partial charge in [0.15, 0.2) is 5.03 Å². The summed E-state index contributed by atoms with van der Waals surface area (Å²) in [6.45, 7) is 0. The largest absolute Gasteiger partial charge is 0.477 e. The topological polar surface area (TPSA) is 37.3 Å². The van der Waals surface area contributed by atoms with Gasteiger partial charge in [-0.15, -0.1) is 11.8 Å². The van der Waals surface area contributed by atoms with E-state index in [-0.39, 0.29) is 9.40 Å². The second-order valence-electron chi connectivity index (χ2n) is 1.10. The fourth-order valence-electron chi connectivity index (χ4n) is 0.174. The molecule has 0 aliphatic carbocycles. The Morgan fingerprint density at radius 3 is 2.11 bits per heavy atom. The number of carbonyl (C=O) groups is 1. The van der Waals surface area contributed by atoms with Crippen molar-refractivity contribution in [1.82, 2.24) is 0 Å². The molecular weight excluding hydrogens is 183 g/mol. The fourth-order valence-corrected chi connectivity index (χ4v) is 0.752. The molecule has 0 aliphatic heterocycles. The van der Waals surface area contributed by atoms with Crippen molar-refractivity contribution in [3.05, 3.63) is 9.40 Å². The predicted molar refractivity (Wildman–Crippen MR) is 39.9 cm³/mol. The number of hydrogen-bond donors (Lipinski definition) is 1. The monoisotopic (exact) mass is 186 g/mol. The van der Waals surface area contributed by atoms with Crippen molar-refractivity contribution in [2.45, 2.75) is 0 Å². The Kier molecular flexibility index (Phi) is 4.10. The molecule has 5 heteroatoms. The Labute approximate surface area is 66.8 Å². The van der Waals surface area contributed by atoms with Gasteiger partial charge in [-0.25, -0.2) is 4.79 Å². The van der Waals surface area contributed by atoms with Crippen molar-refractivity contribution in [2.24, 2.45) is 0 Å². The normalized spacial score (nSPS) is 12.8. The molecule has 0 saturated carbocycles. The SMILES string of the molecule is CS/C(Cl)=C(\Cl)C(=O)O. The first-order valence-corrected chi connectivity index (χ1v) is 3.90. The maximum atomic E-state index is 10.0. The van der Waals surface area contributed by atoms with Gasteiger partial charge in [-0.05, 0) is 6.26 Å². The zero-order chi connectivity index (χ0) is 7.44. The van der Waals surface area contributed by atoms with Gasteiger partial charge in [-0.1, -0.05) is 23.2 Å². The molecule has 0 aliphatic rings. The average molecular weight is 187 g/mol. The van der Waals surface area contributed by atoms with Crippen LogP contribution >= 0.6 is 35.0 Å². The lowest BCUT2D eigenvalue weighted by Gasteiger charge is -1.91. The molecule has 0 unspecified atom stereocenters. The van der Waals surface area contributed by atoms with Gasteiger partial charge in [-0.2, -0.15) is 0 Å². The van der Waals surface area contributed by atoms with Crippen LogP contribution in [0.3, 0.4) is 0 Å². The summed E-state index contributed by atoms with van der Waals surface area (Å²) in [6, 6.07) is 0. The van der Waals surface area contributed by atoms with Gasteiger partial charge in [0, 0.05) is 0 Å². The lowest BCUT2D eigenvalue weighted by Crippen LogP contribution is -1.94. The Morgan fingerprint density at radius 1 is 1.56 bits per heavy atom. The van der Waals surface area contributed by atoms with Crippen LogP contribution in [-0.4, -0.2) is 17.3 Å². The fraction of sp³-hybridized carbons (Fsp3) is 0.250. The highest BCUT2D eigenvalue weighted by atomic mass is 35.5. The van der Waals surface area contributed by atoms with Crippen molar-refractivity contribution in [2.75, 3.05) is 6.26 Å². The second-order valence-corrected chi connectivity index (χ2v) is 2.89. The smallest absolute Gasteiger partial charge is 0.349 e. The van der Waals surface area contributed by atoms with Crippen LogP contribution in [0.4, 0.5) is 0 Å². The Bertz CT molecular complexity index is 155. The number of hydrogen-bond acceptors (Lipinski definition) is 2. The van der Waals surface area contributed by atoms with E-state index in [0.717, 1.165) is 11.8 Å². The Balaban J connectivity index is 4.28. The van der Waals surface area contributed by atoms with Crippen molar-refractivity contribution in [3.63, 3.8) is 0 Å². The summed E-state index contributed by atoms with van der Waals surface area (Å²) in [5.74, 6) is -1.20. The number of carboxylic acids is 1. The zero-order valence-electron chi connectivity index (χ0n) is 4.52. The molecule has 9 heavy (non-hydrogen) atoms. The van der Waals surface area contributed by atoms with Crippen LogP contribution in [0.5, 0.6) is 0 Å². The molecule has 0 heterocycles. The van der Waals surface area contributed by atoms with E-state index >= 15 is 0 Å². The van der Waals surface area contributed by atoms with Gasteiger partial charge in [-0.3, -0.25) is 0 Å². The first kappa shape index (κ1) is 9.14. The van der Waals surface area contributed by atoms with Gasteiger partial charge >= 0.3 is 5.97 Å². The maximum Gasteiger partial charge on any atom is 0.349 e. The van der Waals surface area contributed by atoms with Crippen molar-refractivity contribution in [1.29, 1.82) is 0 Å². The molecule has 0 radical (unpaired) electrons. The van der Waals surface area contributed by atoms with Gasteiger partial charge in [0.05, 0.1) is 4.36 Å². The van der Waals surface area contributed by atoms with Gasteiger partial charge in [0.1, 0.15) is 0 Å². The molecule has 52 valence electrons. The van der Waals surface area contributed by atoms with E-state index in [1.807, 2.05) is 0 Å². The van der Waals surface area contributed by atoms with Crippen LogP contribution in [0.15, 0.2) is 9.40 Å². The molecule has 0 spiro atoms. The molecule has 0 saturated heterocycles. The lowest BCUT2D eigenvalue weighted by molar-refractivity contribution is -0.131. The van der Waals surface area contributed by atoms with E-state index in [4.69, 9.17) is 28.3 Å². The maximum absolute atomic E-state index is 10.0. The van der Waals surface area contributed by atoms with E-state index in [2.05, 4.69) is 0 Å². The minimum Gasteiger partial charge on any atom is -0.477 e. The van der Waals surface area contributed by atoms with Crippen LogP contribution in [0.1, 0.15) is 0 Å². The molecule has 0 amide bonds. The van der Waals surface area contributed by atoms with Gasteiger partial charge in [0.2, 0.25) is 0 Å². The predicted octanol–water partition coefficient (Wildman–Crippen LogP) is 2.08. The Morgan fingerprint density at radius 2 is 2.00 bits per heavy atom. The van der Waals surface area contributed by atoms with Gasteiger partial charge < -0.3 is 5.11 Å². The van der Waals surface area contributed by atoms with Crippen molar-refractivity contribution >= 4 is 40.9 Å². The highest BCUT2D eigenvalue weighted by molar-refractivity contribution is 8.04. The average Bonchev–Trinajstić information content (AvgIpc) is 1.84. The number of thioether (sulfide) groups is 1. The summed E-state index contributed by atoms with van der Waals surface area (Å²) in [6.07, 6.45) is 1.65. The number of halogens is 2. The summed E-state index contributed by atoms with van der Waals surface area (Å²) in [7, 11) is 0. The Hall–Kier alpha value is 0.140. The van der Waals surface area contributed by atoms with E-state index < -0.39 is 5.97 Å². The lowest BCUT2D eigenvalue weighted by atomic mass is 10.7. The van der Waals surface area contributed by atoms with E-state index in [1.165, 1.54) is 0 Å². The number of carboxylic acid groups (broad SMARTS) is 1. The van der Waals surface area contributed by atoms with Crippen LogP contribution in [-0.2, 0) is 4.79 Å². The molecular formula is C4H4Cl2O2S. The summed E-state index contributed by atoms with van der Waals surface area (Å²) in [5, 5.41) is 7.87. The standard InChI is InChI=1S/C4H4Cl2O2S/c1-9-3(6)2(5)4(7)8/h1H3,(H,7,8)/b3-2-. The van der Waals surface area contributed by atoms with Crippen LogP contribution in [0, 0.1) is 0 Å². The molecule has 1 N–H and O–H groups in total. The van der Waals surface area contributed by atoms with Crippen molar-refractivity contribution < 1.29 is 9.90 Å². The molecule has 0 fully saturated rings. The van der Waals surface area contributed by atoms with Crippen molar-refractivity contribution in [3.8, 4) is 0 Å². The number of rotatable bonds is 2. The summed E-state index contributed by atoms with van der Waals surface area (Å²) in [5.41, 5.74) is 0. The molecule has 0 aromatic rings. The first-order chi connectivity index (χ1) is 4.09. The minimum atomic E-state index is -1.20. The van der Waals surface area contributed by atoms with E-state index in [0.29, 0.717) is 0 Å².